The zero-order chi connectivity index (χ0) is 34.4. The number of alkyl carbamates (subject to hydrolysis) is 1. The molecule has 0 spiro atoms. The van der Waals surface area contributed by atoms with Gasteiger partial charge in [-0.25, -0.2) is 14.6 Å². The molecule has 6 rings (SSSR count). The lowest BCUT2D eigenvalue weighted by molar-refractivity contribution is -0.189. The third kappa shape index (κ3) is 6.03. The molecule has 2 aromatic heterocycles. The molecular formula is C37H41N3O7Si. The molecule has 2 aromatic carbocycles. The van der Waals surface area contributed by atoms with Crippen LogP contribution < -0.4 is 16.1 Å². The first kappa shape index (κ1) is 33.1. The Morgan fingerprint density at radius 2 is 1.75 bits per heavy atom. The van der Waals surface area contributed by atoms with Crippen molar-refractivity contribution in [2.45, 2.75) is 84.0 Å². The minimum Gasteiger partial charge on any atom is -0.457 e. The number of amides is 1. The first-order valence-corrected chi connectivity index (χ1v) is 19.5. The van der Waals surface area contributed by atoms with E-state index >= 15 is 0 Å². The van der Waals surface area contributed by atoms with Crippen molar-refractivity contribution in [2.24, 2.45) is 0 Å². The van der Waals surface area contributed by atoms with Crippen LogP contribution in [0.4, 0.5) is 4.79 Å². The quantitative estimate of drug-likeness (QED) is 0.135. The number of nitrogens with one attached hydrogen (secondary N) is 1. The van der Waals surface area contributed by atoms with E-state index in [1.54, 1.807) is 38.3 Å². The van der Waals surface area contributed by atoms with Gasteiger partial charge in [-0.1, -0.05) is 74.1 Å². The fourth-order valence-electron chi connectivity index (χ4n) is 6.98. The van der Waals surface area contributed by atoms with Crippen molar-refractivity contribution in [3.63, 3.8) is 0 Å². The lowest BCUT2D eigenvalue weighted by atomic mass is 9.85. The summed E-state index contributed by atoms with van der Waals surface area (Å²) in [5, 5.41) is 4.88. The summed E-state index contributed by atoms with van der Waals surface area (Å²) in [4.78, 5) is 58.0. The Bertz CT molecular complexity index is 2000. The standard InChI is InChI=1S/C37H41N3O7Si/c1-7-37(46-30(41)17-18-38-35(44)47-36(2,3)4)27-19-29-31-25(20-40(29)33(42)26(27)21-45-34(37)43)32(24-15-11-12-16-28(24)39-31)48(5,6)22-23-13-9-8-10-14-23/h8-16,19H,7,17-18,20-22H2,1-6H3,(H,38,44)/t37-/m0/s1. The molecule has 0 bridgehead atoms. The van der Waals surface area contributed by atoms with E-state index in [2.05, 4.69) is 48.7 Å². The topological polar surface area (TPSA) is 126 Å². The third-order valence-electron chi connectivity index (χ3n) is 9.01. The van der Waals surface area contributed by atoms with Crippen LogP contribution >= 0.6 is 0 Å². The van der Waals surface area contributed by atoms with Gasteiger partial charge < -0.3 is 24.1 Å². The van der Waals surface area contributed by atoms with Crippen LogP contribution in [-0.4, -0.2) is 47.8 Å². The number of hydrogen-bond donors (Lipinski definition) is 1. The van der Waals surface area contributed by atoms with Crippen molar-refractivity contribution in [2.75, 3.05) is 6.54 Å². The molecule has 4 aromatic rings. The summed E-state index contributed by atoms with van der Waals surface area (Å²) in [5.74, 6) is -1.46. The van der Waals surface area contributed by atoms with Crippen molar-refractivity contribution in [1.29, 1.82) is 0 Å². The SMILES string of the molecule is CC[C@@]1(OC(=O)CCNC(=O)OC(C)(C)C)C(=O)OCc2c1cc1n(c2=O)Cc2c-1nc1ccccc1c2[Si](C)(C)Cc1ccccc1. The van der Waals surface area contributed by atoms with Crippen LogP contribution in [0.25, 0.3) is 22.3 Å². The number of benzene rings is 2. The summed E-state index contributed by atoms with van der Waals surface area (Å²) >= 11 is 0. The van der Waals surface area contributed by atoms with E-state index in [0.717, 1.165) is 22.5 Å². The van der Waals surface area contributed by atoms with Gasteiger partial charge >= 0.3 is 18.0 Å². The summed E-state index contributed by atoms with van der Waals surface area (Å²) in [6.45, 7) is 11.7. The van der Waals surface area contributed by atoms with Crippen molar-refractivity contribution < 1.29 is 28.6 Å². The number of pyridine rings is 2. The molecular weight excluding hydrogens is 627 g/mol. The second-order valence-corrected chi connectivity index (χ2v) is 18.7. The smallest absolute Gasteiger partial charge is 0.407 e. The monoisotopic (exact) mass is 667 g/mol. The van der Waals surface area contributed by atoms with E-state index in [4.69, 9.17) is 19.2 Å². The molecule has 4 heterocycles. The van der Waals surface area contributed by atoms with Crippen molar-refractivity contribution in [3.05, 3.63) is 93.3 Å². The van der Waals surface area contributed by atoms with Gasteiger partial charge in [0.1, 0.15) is 12.2 Å². The average Bonchev–Trinajstić information content (AvgIpc) is 3.38. The number of carbonyl (C=O) groups is 3. The number of cyclic esters (lactones) is 1. The average molecular weight is 668 g/mol. The minimum atomic E-state index is -2.17. The molecule has 0 unspecified atom stereocenters. The van der Waals surface area contributed by atoms with Gasteiger partial charge in [-0.05, 0) is 61.5 Å². The molecule has 2 aliphatic heterocycles. The van der Waals surface area contributed by atoms with Gasteiger partial charge in [0, 0.05) is 12.1 Å². The molecule has 250 valence electrons. The highest BCUT2D eigenvalue weighted by Gasteiger charge is 2.50. The van der Waals surface area contributed by atoms with Gasteiger partial charge in [-0.15, -0.1) is 0 Å². The Morgan fingerprint density at radius 1 is 1.04 bits per heavy atom. The summed E-state index contributed by atoms with van der Waals surface area (Å²) in [7, 11) is -2.17. The van der Waals surface area contributed by atoms with E-state index < -0.39 is 37.3 Å². The molecule has 2 aliphatic rings. The molecule has 48 heavy (non-hydrogen) atoms. The normalized spacial score (nSPS) is 16.8. The summed E-state index contributed by atoms with van der Waals surface area (Å²) in [6.07, 6.45) is -0.832. The number of fused-ring (bicyclic) bond motifs is 5. The molecule has 0 aliphatic carbocycles. The van der Waals surface area contributed by atoms with E-state index in [9.17, 15) is 19.2 Å². The highest BCUT2D eigenvalue weighted by Crippen LogP contribution is 2.41. The second-order valence-electron chi connectivity index (χ2n) is 14.1. The van der Waals surface area contributed by atoms with E-state index in [1.807, 2.05) is 24.3 Å². The van der Waals surface area contributed by atoms with Crippen LogP contribution in [0, 0.1) is 0 Å². The molecule has 1 atom stereocenters. The van der Waals surface area contributed by atoms with Gasteiger partial charge in [0.15, 0.2) is 0 Å². The second kappa shape index (κ2) is 12.4. The van der Waals surface area contributed by atoms with Crippen LogP contribution in [0.2, 0.25) is 13.1 Å². The van der Waals surface area contributed by atoms with E-state index in [1.165, 1.54) is 10.8 Å². The van der Waals surface area contributed by atoms with Gasteiger partial charge in [0.25, 0.3) is 5.56 Å². The number of rotatable bonds is 8. The number of esters is 2. The van der Waals surface area contributed by atoms with Crippen LogP contribution in [0.1, 0.15) is 62.8 Å². The molecule has 10 nitrogen and oxygen atoms in total. The Balaban J connectivity index is 1.40. The zero-order valence-electron chi connectivity index (χ0n) is 28.3. The first-order chi connectivity index (χ1) is 22.7. The minimum absolute atomic E-state index is 0.0488. The van der Waals surface area contributed by atoms with Crippen molar-refractivity contribution >= 4 is 42.2 Å². The Morgan fingerprint density at radius 3 is 2.46 bits per heavy atom. The molecule has 0 fully saturated rings. The Kier molecular flexibility index (Phi) is 8.53. The number of carbonyl (C=O) groups excluding carboxylic acids is 3. The Hall–Kier alpha value is -4.77. The summed E-state index contributed by atoms with van der Waals surface area (Å²) < 4.78 is 18.3. The lowest BCUT2D eigenvalue weighted by Crippen LogP contribution is -2.48. The zero-order valence-corrected chi connectivity index (χ0v) is 29.3. The maximum absolute atomic E-state index is 14.2. The number of hydrogen-bond acceptors (Lipinski definition) is 8. The van der Waals surface area contributed by atoms with Crippen molar-refractivity contribution in [1.82, 2.24) is 14.9 Å². The predicted molar refractivity (Wildman–Crippen MR) is 185 cm³/mol. The number of para-hydroxylation sites is 1. The highest BCUT2D eigenvalue weighted by molar-refractivity contribution is 6.91. The third-order valence-corrected chi connectivity index (χ3v) is 12.2. The highest BCUT2D eigenvalue weighted by atomic mass is 28.3. The predicted octanol–water partition coefficient (Wildman–Crippen LogP) is 5.24. The van der Waals surface area contributed by atoms with Crippen LogP contribution in [-0.2, 0) is 48.6 Å². The van der Waals surface area contributed by atoms with E-state index in [-0.39, 0.29) is 37.1 Å². The number of ether oxygens (including phenoxy) is 3. The molecule has 1 N–H and O–H groups in total. The number of aromatic nitrogens is 2. The van der Waals surface area contributed by atoms with Gasteiger partial charge in [-0.2, -0.15) is 0 Å². The fourth-order valence-corrected chi connectivity index (χ4v) is 10.4. The van der Waals surface area contributed by atoms with E-state index in [0.29, 0.717) is 23.5 Å². The van der Waals surface area contributed by atoms with Crippen molar-refractivity contribution in [3.8, 4) is 11.4 Å². The molecule has 0 saturated carbocycles. The summed E-state index contributed by atoms with van der Waals surface area (Å²) in [6, 6.07) is 21.2. The van der Waals surface area contributed by atoms with Gasteiger partial charge in [0.05, 0.1) is 43.5 Å². The molecule has 0 radical (unpaired) electrons. The first-order valence-electron chi connectivity index (χ1n) is 16.3. The van der Waals surface area contributed by atoms with Crippen LogP contribution in [0.3, 0.4) is 0 Å². The Labute approximate surface area is 280 Å². The van der Waals surface area contributed by atoms with Gasteiger partial charge in [-0.3, -0.25) is 9.59 Å². The van der Waals surface area contributed by atoms with Crippen LogP contribution in [0.5, 0.6) is 0 Å². The van der Waals surface area contributed by atoms with Gasteiger partial charge in [0.2, 0.25) is 5.60 Å². The lowest BCUT2D eigenvalue weighted by Gasteiger charge is -2.35. The van der Waals surface area contributed by atoms with Crippen LogP contribution in [0.15, 0.2) is 65.5 Å². The molecule has 1 amide bonds. The summed E-state index contributed by atoms with van der Waals surface area (Å²) in [5.41, 5.74) is 2.18. The molecule has 0 saturated heterocycles. The number of nitrogens with zero attached hydrogens (tertiary/aromatic N) is 2. The maximum atomic E-state index is 14.2. The largest absolute Gasteiger partial charge is 0.457 e. The maximum Gasteiger partial charge on any atom is 0.407 e. The fraction of sp³-hybridized carbons (Fsp3) is 0.378. The molecule has 11 heteroatoms.